The topological polar surface area (TPSA) is 51.0 Å². The molecule has 1 aliphatic heterocycles. The number of halogens is 1. The first-order valence-corrected chi connectivity index (χ1v) is 8.51. The summed E-state index contributed by atoms with van der Waals surface area (Å²) < 4.78 is 2.07. The van der Waals surface area contributed by atoms with Crippen molar-refractivity contribution >= 4 is 28.5 Å². The molecule has 3 aromatic rings. The third-order valence-corrected chi connectivity index (χ3v) is 5.13. The van der Waals surface area contributed by atoms with E-state index in [0.717, 1.165) is 53.8 Å². The molecule has 0 bridgehead atoms. The Morgan fingerprint density at radius 2 is 1.92 bits per heavy atom. The molecule has 2 aliphatic rings. The van der Waals surface area contributed by atoms with Crippen molar-refractivity contribution < 1.29 is 4.79 Å². The van der Waals surface area contributed by atoms with Crippen LogP contribution in [0.3, 0.4) is 0 Å². The van der Waals surface area contributed by atoms with Crippen molar-refractivity contribution in [1.82, 2.24) is 19.4 Å². The summed E-state index contributed by atoms with van der Waals surface area (Å²) in [6, 6.07) is 8.00. The molecule has 0 spiro atoms. The molecule has 1 aromatic carbocycles. The first-order valence-electron chi connectivity index (χ1n) is 8.13. The summed E-state index contributed by atoms with van der Waals surface area (Å²) in [6.07, 6.45) is 5.56. The lowest BCUT2D eigenvalue weighted by Gasteiger charge is -2.29. The van der Waals surface area contributed by atoms with Gasteiger partial charge < -0.3 is 9.47 Å². The predicted molar refractivity (Wildman–Crippen MR) is 92.0 cm³/mol. The predicted octanol–water partition coefficient (Wildman–Crippen LogP) is 3.37. The van der Waals surface area contributed by atoms with Crippen LogP contribution in [0.15, 0.2) is 36.8 Å². The van der Waals surface area contributed by atoms with Gasteiger partial charge in [-0.25, -0.2) is 9.97 Å². The van der Waals surface area contributed by atoms with Gasteiger partial charge in [0.2, 0.25) is 0 Å². The van der Waals surface area contributed by atoms with E-state index in [1.165, 1.54) is 6.33 Å². The molecule has 1 fully saturated rings. The van der Waals surface area contributed by atoms with Crippen LogP contribution in [0.5, 0.6) is 0 Å². The van der Waals surface area contributed by atoms with Gasteiger partial charge in [-0.3, -0.25) is 4.79 Å². The van der Waals surface area contributed by atoms with Crippen molar-refractivity contribution in [1.29, 1.82) is 0 Å². The zero-order valence-electron chi connectivity index (χ0n) is 12.9. The summed E-state index contributed by atoms with van der Waals surface area (Å²) in [5.74, 6) is 0.103. The van der Waals surface area contributed by atoms with Crippen molar-refractivity contribution in [3.8, 4) is 11.1 Å². The maximum atomic E-state index is 13.2. The smallest absolute Gasteiger partial charge is 0.271 e. The quantitative estimate of drug-likeness (QED) is 0.720. The second-order valence-corrected chi connectivity index (χ2v) is 6.80. The highest BCUT2D eigenvalue weighted by atomic mass is 35.5. The third kappa shape index (κ3) is 1.97. The van der Waals surface area contributed by atoms with Gasteiger partial charge in [0.05, 0.1) is 11.7 Å². The number of carbonyl (C=O) groups excluding carboxylic acids is 1. The molecule has 0 saturated heterocycles. The largest absolute Gasteiger partial charge is 0.333 e. The van der Waals surface area contributed by atoms with E-state index in [1.807, 2.05) is 29.2 Å². The molecule has 6 heteroatoms. The lowest BCUT2D eigenvalue weighted by atomic mass is 10.0. The van der Waals surface area contributed by atoms with Crippen LogP contribution in [-0.2, 0) is 6.54 Å². The van der Waals surface area contributed by atoms with Gasteiger partial charge in [0, 0.05) is 29.7 Å². The zero-order chi connectivity index (χ0) is 16.3. The zero-order valence-corrected chi connectivity index (χ0v) is 13.7. The summed E-state index contributed by atoms with van der Waals surface area (Å²) >= 11 is 6.03. The van der Waals surface area contributed by atoms with Crippen LogP contribution in [0, 0.1) is 0 Å². The van der Waals surface area contributed by atoms with Gasteiger partial charge in [-0.1, -0.05) is 23.7 Å². The molecule has 2 aromatic heterocycles. The minimum absolute atomic E-state index is 0.103. The van der Waals surface area contributed by atoms with Gasteiger partial charge in [-0.2, -0.15) is 0 Å². The van der Waals surface area contributed by atoms with Crippen LogP contribution in [0.4, 0.5) is 0 Å². The highest BCUT2D eigenvalue weighted by Crippen LogP contribution is 2.38. The average Bonchev–Trinajstić information content (AvgIpc) is 3.38. The number of hydrogen-bond donors (Lipinski definition) is 0. The molecule has 3 heterocycles. The molecular formula is C18H15ClN4O. The molecule has 120 valence electrons. The fourth-order valence-corrected chi connectivity index (χ4v) is 3.73. The SMILES string of the molecule is O=C1c2c(-c3ccc(Cl)cc3)c3ncncc3n2CCN1C1CC1. The third-order valence-electron chi connectivity index (χ3n) is 4.88. The number of nitrogens with zero attached hydrogens (tertiary/aromatic N) is 4. The van der Waals surface area contributed by atoms with Crippen molar-refractivity contribution in [2.24, 2.45) is 0 Å². The Labute approximate surface area is 143 Å². The summed E-state index contributed by atoms with van der Waals surface area (Å²) in [6.45, 7) is 1.55. The number of fused-ring (bicyclic) bond motifs is 3. The summed E-state index contributed by atoms with van der Waals surface area (Å²) in [7, 11) is 0. The van der Waals surface area contributed by atoms with Crippen molar-refractivity contribution in [2.75, 3.05) is 6.54 Å². The number of aromatic nitrogens is 3. The van der Waals surface area contributed by atoms with Crippen LogP contribution in [-0.4, -0.2) is 37.9 Å². The van der Waals surface area contributed by atoms with E-state index in [4.69, 9.17) is 11.6 Å². The van der Waals surface area contributed by atoms with E-state index in [0.29, 0.717) is 11.1 Å². The van der Waals surface area contributed by atoms with Gasteiger partial charge >= 0.3 is 0 Å². The first-order chi connectivity index (χ1) is 11.7. The Morgan fingerprint density at radius 1 is 1.12 bits per heavy atom. The normalized spacial score (nSPS) is 17.4. The summed E-state index contributed by atoms with van der Waals surface area (Å²) in [4.78, 5) is 23.8. The van der Waals surface area contributed by atoms with Crippen molar-refractivity contribution in [3.05, 3.63) is 47.5 Å². The molecule has 1 saturated carbocycles. The van der Waals surface area contributed by atoms with E-state index in [9.17, 15) is 4.79 Å². The van der Waals surface area contributed by atoms with Gasteiger partial charge in [0.15, 0.2) is 0 Å². The fourth-order valence-electron chi connectivity index (χ4n) is 3.60. The van der Waals surface area contributed by atoms with E-state index in [1.54, 1.807) is 6.20 Å². The van der Waals surface area contributed by atoms with Gasteiger partial charge in [0.1, 0.15) is 17.5 Å². The highest BCUT2D eigenvalue weighted by molar-refractivity contribution is 6.30. The molecule has 0 radical (unpaired) electrons. The Hall–Kier alpha value is -2.40. The Kier molecular flexibility index (Phi) is 2.94. The van der Waals surface area contributed by atoms with Gasteiger partial charge in [0.25, 0.3) is 5.91 Å². The standard InChI is InChI=1S/C18H15ClN4O/c19-12-3-1-11(2-4-12)15-16-14(9-20-10-21-16)23-8-7-22(13-5-6-13)18(24)17(15)23/h1-4,9-10,13H,5-8H2. The Morgan fingerprint density at radius 3 is 2.67 bits per heavy atom. The van der Waals surface area contributed by atoms with Crippen LogP contribution < -0.4 is 0 Å². The molecule has 0 atom stereocenters. The fraction of sp³-hybridized carbons (Fsp3) is 0.278. The molecule has 24 heavy (non-hydrogen) atoms. The van der Waals surface area contributed by atoms with E-state index < -0.39 is 0 Å². The molecule has 0 unspecified atom stereocenters. The second-order valence-electron chi connectivity index (χ2n) is 6.37. The number of amides is 1. The van der Waals surface area contributed by atoms with Crippen LogP contribution >= 0.6 is 11.6 Å². The lowest BCUT2D eigenvalue weighted by Crippen LogP contribution is -2.41. The average molecular weight is 339 g/mol. The van der Waals surface area contributed by atoms with Crippen LogP contribution in [0.25, 0.3) is 22.2 Å². The monoisotopic (exact) mass is 338 g/mol. The molecule has 5 rings (SSSR count). The number of hydrogen-bond acceptors (Lipinski definition) is 3. The number of carbonyl (C=O) groups is 1. The van der Waals surface area contributed by atoms with E-state index >= 15 is 0 Å². The minimum atomic E-state index is 0.103. The maximum absolute atomic E-state index is 13.2. The van der Waals surface area contributed by atoms with E-state index in [-0.39, 0.29) is 5.91 Å². The maximum Gasteiger partial charge on any atom is 0.271 e. The van der Waals surface area contributed by atoms with Crippen molar-refractivity contribution in [2.45, 2.75) is 25.4 Å². The Balaban J connectivity index is 1.79. The Bertz CT molecular complexity index is 959. The first kappa shape index (κ1) is 14.0. The van der Waals surface area contributed by atoms with E-state index in [2.05, 4.69) is 14.5 Å². The molecule has 5 nitrogen and oxygen atoms in total. The molecule has 0 N–H and O–H groups in total. The second kappa shape index (κ2) is 5.05. The van der Waals surface area contributed by atoms with Crippen molar-refractivity contribution in [3.63, 3.8) is 0 Å². The minimum Gasteiger partial charge on any atom is -0.333 e. The van der Waals surface area contributed by atoms with Gasteiger partial charge in [-0.15, -0.1) is 0 Å². The van der Waals surface area contributed by atoms with Crippen LogP contribution in [0.2, 0.25) is 5.02 Å². The highest BCUT2D eigenvalue weighted by Gasteiger charge is 2.39. The number of rotatable bonds is 2. The lowest BCUT2D eigenvalue weighted by molar-refractivity contribution is 0.0694. The van der Waals surface area contributed by atoms with Gasteiger partial charge in [-0.05, 0) is 30.5 Å². The molecular weight excluding hydrogens is 324 g/mol. The summed E-state index contributed by atoms with van der Waals surface area (Å²) in [5, 5.41) is 0.677. The molecule has 1 aliphatic carbocycles. The van der Waals surface area contributed by atoms with Crippen LogP contribution in [0.1, 0.15) is 23.3 Å². The molecule has 1 amide bonds. The summed E-state index contributed by atoms with van der Waals surface area (Å²) in [5.41, 5.74) is 4.32. The number of benzene rings is 1.